The van der Waals surface area contributed by atoms with Crippen LogP contribution >= 0.6 is 0 Å². The third-order valence-electron chi connectivity index (χ3n) is 5.66. The van der Waals surface area contributed by atoms with Crippen LogP contribution < -0.4 is 10.2 Å². The van der Waals surface area contributed by atoms with Gasteiger partial charge < -0.3 is 10.2 Å². The maximum atomic E-state index is 13.1. The molecular weight excluding hydrogens is 434 g/mol. The number of aromatic nitrogens is 2. The van der Waals surface area contributed by atoms with Gasteiger partial charge in [-0.05, 0) is 49.4 Å². The molecule has 0 atom stereocenters. The number of alkyl halides is 6. The Kier molecular flexibility index (Phi) is 7.63. The van der Waals surface area contributed by atoms with Gasteiger partial charge in [-0.3, -0.25) is 4.98 Å². The maximum absolute atomic E-state index is 13.1. The number of benzene rings is 1. The van der Waals surface area contributed by atoms with Gasteiger partial charge in [-0.2, -0.15) is 26.3 Å². The molecule has 1 N–H and O–H groups in total. The minimum Gasteiger partial charge on any atom is -0.355 e. The topological polar surface area (TPSA) is 41.1 Å². The Balaban J connectivity index is 1.73. The molecule has 0 radical (unpaired) electrons. The summed E-state index contributed by atoms with van der Waals surface area (Å²) in [6.07, 6.45) is -1.86. The van der Waals surface area contributed by atoms with E-state index in [9.17, 15) is 26.3 Å². The molecule has 1 aliphatic carbocycles. The predicted octanol–water partition coefficient (Wildman–Crippen LogP) is 5.82. The van der Waals surface area contributed by atoms with Crippen LogP contribution in [-0.4, -0.2) is 23.1 Å². The van der Waals surface area contributed by atoms with Crippen LogP contribution in [0.15, 0.2) is 30.6 Å². The second-order valence-electron chi connectivity index (χ2n) is 8.03. The van der Waals surface area contributed by atoms with Crippen LogP contribution in [0.5, 0.6) is 0 Å². The van der Waals surface area contributed by atoms with Crippen molar-refractivity contribution in [3.8, 4) is 0 Å². The number of nitrogens with zero attached hydrogens (tertiary/aromatic N) is 3. The van der Waals surface area contributed by atoms with Crippen LogP contribution in [0.3, 0.4) is 0 Å². The summed E-state index contributed by atoms with van der Waals surface area (Å²) < 4.78 is 78.4. The van der Waals surface area contributed by atoms with Crippen LogP contribution in [0, 0.1) is 5.92 Å². The van der Waals surface area contributed by atoms with E-state index in [1.807, 2.05) is 6.92 Å². The van der Waals surface area contributed by atoms with Crippen LogP contribution in [0.2, 0.25) is 0 Å². The molecular formula is C22H26F6N4. The van der Waals surface area contributed by atoms with Gasteiger partial charge in [0, 0.05) is 38.6 Å². The average molecular weight is 460 g/mol. The second-order valence-corrected chi connectivity index (χ2v) is 8.03. The molecule has 4 nitrogen and oxygen atoms in total. The number of nitrogens with one attached hydrogen (secondary N) is 1. The highest BCUT2D eigenvalue weighted by Gasteiger charge is 2.36. The third kappa shape index (κ3) is 6.34. The summed E-state index contributed by atoms with van der Waals surface area (Å²) in [4.78, 5) is 10.9. The third-order valence-corrected chi connectivity index (χ3v) is 5.66. The molecule has 1 aliphatic rings. The van der Waals surface area contributed by atoms with Crippen LogP contribution in [0.1, 0.15) is 55.0 Å². The highest BCUT2D eigenvalue weighted by atomic mass is 19.4. The van der Waals surface area contributed by atoms with Gasteiger partial charge in [-0.25, -0.2) is 4.98 Å². The van der Waals surface area contributed by atoms with Crippen molar-refractivity contribution in [3.63, 3.8) is 0 Å². The molecule has 3 rings (SSSR count). The molecule has 0 amide bonds. The molecule has 0 spiro atoms. The first kappa shape index (κ1) is 24.3. The summed E-state index contributed by atoms with van der Waals surface area (Å²) in [5, 5.41) is 2.92. The fourth-order valence-electron chi connectivity index (χ4n) is 4.06. The summed E-state index contributed by atoms with van der Waals surface area (Å²) in [6.45, 7) is 3.59. The highest BCUT2D eigenvalue weighted by molar-refractivity contribution is 5.43. The zero-order valence-corrected chi connectivity index (χ0v) is 17.7. The molecule has 1 heterocycles. The van der Waals surface area contributed by atoms with Gasteiger partial charge in [0.25, 0.3) is 0 Å². The van der Waals surface area contributed by atoms with Gasteiger partial charge in [-0.1, -0.05) is 12.8 Å². The van der Waals surface area contributed by atoms with Gasteiger partial charge in [0.05, 0.1) is 16.8 Å². The minimum atomic E-state index is -4.87. The summed E-state index contributed by atoms with van der Waals surface area (Å²) in [5.41, 5.74) is -2.14. The van der Waals surface area contributed by atoms with Gasteiger partial charge in [0.1, 0.15) is 0 Å². The summed E-state index contributed by atoms with van der Waals surface area (Å²) in [7, 11) is 0. The second kappa shape index (κ2) is 10.1. The lowest BCUT2D eigenvalue weighted by molar-refractivity contribution is -0.143. The number of halogens is 6. The standard InChI is InChI=1S/C22H26F6N4/c1-2-32(14-15-5-3-4-6-15)20-19(30-7-8-31-20)13-29-12-16-9-17(21(23,24)25)11-18(10-16)22(26,27)28/h7-11,15,29H,2-6,12-14H2,1H3. The van der Waals surface area contributed by atoms with E-state index < -0.39 is 23.5 Å². The molecule has 0 aliphatic heterocycles. The molecule has 2 aromatic rings. The van der Waals surface area contributed by atoms with Crippen molar-refractivity contribution < 1.29 is 26.3 Å². The number of hydrogen-bond donors (Lipinski definition) is 1. The lowest BCUT2D eigenvalue weighted by Crippen LogP contribution is -2.31. The quantitative estimate of drug-likeness (QED) is 0.504. The summed E-state index contributed by atoms with van der Waals surface area (Å²) >= 11 is 0. The first-order valence-electron chi connectivity index (χ1n) is 10.6. The number of anilines is 1. The van der Waals surface area contributed by atoms with E-state index in [0.29, 0.717) is 17.4 Å². The maximum Gasteiger partial charge on any atom is 0.416 e. The van der Waals surface area contributed by atoms with Crippen LogP contribution in [0.25, 0.3) is 0 Å². The van der Waals surface area contributed by atoms with Crippen LogP contribution in [0.4, 0.5) is 32.2 Å². The van der Waals surface area contributed by atoms with E-state index >= 15 is 0 Å². The fourth-order valence-corrected chi connectivity index (χ4v) is 4.06. The number of hydrogen-bond acceptors (Lipinski definition) is 4. The van der Waals surface area contributed by atoms with Gasteiger partial charge in [0.2, 0.25) is 0 Å². The van der Waals surface area contributed by atoms with Crippen molar-refractivity contribution in [1.29, 1.82) is 0 Å². The van der Waals surface area contributed by atoms with Gasteiger partial charge in [-0.15, -0.1) is 0 Å². The summed E-state index contributed by atoms with van der Waals surface area (Å²) in [5.74, 6) is 1.28. The summed E-state index contributed by atoms with van der Waals surface area (Å²) in [6, 6.07) is 1.60. The monoisotopic (exact) mass is 460 g/mol. The van der Waals surface area contributed by atoms with Gasteiger partial charge >= 0.3 is 12.4 Å². The van der Waals surface area contributed by atoms with E-state index in [-0.39, 0.29) is 24.7 Å². The SMILES string of the molecule is CCN(CC1CCCC1)c1nccnc1CNCc1cc(C(F)(F)F)cc(C(F)(F)F)c1. The lowest BCUT2D eigenvalue weighted by atomic mass is 10.0. The Morgan fingerprint density at radius 1 is 0.906 bits per heavy atom. The lowest BCUT2D eigenvalue weighted by Gasteiger charge is -2.26. The Bertz CT molecular complexity index is 858. The van der Waals surface area contributed by atoms with E-state index in [1.54, 1.807) is 6.20 Å². The molecule has 1 fully saturated rings. The molecule has 1 aromatic heterocycles. The first-order valence-corrected chi connectivity index (χ1v) is 10.6. The van der Waals surface area contributed by atoms with E-state index in [4.69, 9.17) is 0 Å². The largest absolute Gasteiger partial charge is 0.416 e. The molecule has 1 aromatic carbocycles. The molecule has 176 valence electrons. The Labute approximate surface area is 183 Å². The molecule has 1 saturated carbocycles. The van der Waals surface area contributed by atoms with E-state index in [1.165, 1.54) is 31.9 Å². The normalized spacial score (nSPS) is 15.3. The zero-order chi connectivity index (χ0) is 23.4. The molecule has 0 bridgehead atoms. The first-order chi connectivity index (χ1) is 15.1. The zero-order valence-electron chi connectivity index (χ0n) is 17.7. The van der Waals surface area contributed by atoms with Crippen molar-refractivity contribution in [1.82, 2.24) is 15.3 Å². The van der Waals surface area contributed by atoms with Crippen LogP contribution in [-0.2, 0) is 25.4 Å². The average Bonchev–Trinajstić information content (AvgIpc) is 3.24. The Morgan fingerprint density at radius 2 is 1.50 bits per heavy atom. The van der Waals surface area contributed by atoms with Crippen molar-refractivity contribution in [2.24, 2.45) is 5.92 Å². The van der Waals surface area contributed by atoms with E-state index in [2.05, 4.69) is 20.2 Å². The molecule has 10 heteroatoms. The predicted molar refractivity (Wildman–Crippen MR) is 109 cm³/mol. The highest BCUT2D eigenvalue weighted by Crippen LogP contribution is 2.36. The minimum absolute atomic E-state index is 0.101. The Morgan fingerprint density at radius 3 is 2.06 bits per heavy atom. The van der Waals surface area contributed by atoms with Crippen molar-refractivity contribution >= 4 is 5.82 Å². The van der Waals surface area contributed by atoms with Gasteiger partial charge in [0.15, 0.2) is 5.82 Å². The molecule has 32 heavy (non-hydrogen) atoms. The van der Waals surface area contributed by atoms with Crippen molar-refractivity contribution in [2.45, 2.75) is 58.0 Å². The van der Waals surface area contributed by atoms with Crippen molar-refractivity contribution in [2.75, 3.05) is 18.0 Å². The smallest absolute Gasteiger partial charge is 0.355 e. The van der Waals surface area contributed by atoms with E-state index in [0.717, 1.165) is 25.2 Å². The van der Waals surface area contributed by atoms with Crippen molar-refractivity contribution in [3.05, 3.63) is 53.0 Å². The number of rotatable bonds is 8. The fraction of sp³-hybridized carbons (Fsp3) is 0.545. The molecule has 0 saturated heterocycles. The molecule has 0 unspecified atom stereocenters. The Hall–Kier alpha value is -2.36.